The molecule has 320 valence electrons. The number of benzene rings is 9. The van der Waals surface area contributed by atoms with Crippen molar-refractivity contribution in [1.29, 1.82) is 0 Å². The Balaban J connectivity index is 1.17. The smallest absolute Gasteiger partial charge is 0.238 e. The Labute approximate surface area is 388 Å². The van der Waals surface area contributed by atoms with E-state index in [1.807, 2.05) is 18.2 Å². The van der Waals surface area contributed by atoms with Gasteiger partial charge in [-0.25, -0.2) is 4.98 Å². The van der Waals surface area contributed by atoms with Gasteiger partial charge in [0.25, 0.3) is 0 Å². The molecule has 0 aliphatic heterocycles. The summed E-state index contributed by atoms with van der Waals surface area (Å²) in [7, 11) is 0. The third kappa shape index (κ3) is 8.12. The lowest BCUT2D eigenvalue weighted by molar-refractivity contribution is 1.02. The zero-order valence-corrected chi connectivity index (χ0v) is 38.3. The van der Waals surface area contributed by atoms with Gasteiger partial charge in [-0.2, -0.15) is 9.97 Å². The van der Waals surface area contributed by atoms with E-state index in [0.29, 0.717) is 17.6 Å². The molecule has 0 spiro atoms. The molecule has 5 nitrogen and oxygen atoms in total. The molecule has 0 bridgehead atoms. The van der Waals surface area contributed by atoms with Crippen LogP contribution in [0.15, 0.2) is 200 Å². The predicted octanol–water partition coefficient (Wildman–Crippen LogP) is 16.5. The minimum Gasteiger partial charge on any atom is -0.309 e. The highest BCUT2D eigenvalue weighted by atomic mass is 15.3. The molecule has 1 heterocycles. The average Bonchev–Trinajstić information content (AvgIpc) is 3.34. The van der Waals surface area contributed by atoms with Gasteiger partial charge < -0.3 is 4.90 Å². The van der Waals surface area contributed by atoms with Crippen LogP contribution in [0.1, 0.15) is 33.4 Å². The Morgan fingerprint density at radius 1 is 0.318 bits per heavy atom. The standard InChI is InChI=1S/C61H51N5/c1-40-36-42(3)57(43(4)37-40)66(58-44(5)38-41(2)39-45(58)6)52-34-32-51(33-35-52)65(50-30-28-48(29-31-50)54-25-16-15-24-53(54)46-18-9-7-10-19-46)61-63-59(49-21-11-8-12-22-49)62-60(64-61)56-27-17-23-47-20-13-14-26-55(47)56/h7-39H,1-6H3. The maximum atomic E-state index is 5.38. The Morgan fingerprint density at radius 2 is 0.727 bits per heavy atom. The monoisotopic (exact) mass is 853 g/mol. The van der Waals surface area contributed by atoms with Crippen molar-refractivity contribution in [3.63, 3.8) is 0 Å². The number of nitrogens with zero attached hydrogens (tertiary/aromatic N) is 5. The summed E-state index contributed by atoms with van der Waals surface area (Å²) < 4.78 is 0. The van der Waals surface area contributed by atoms with Crippen molar-refractivity contribution in [2.24, 2.45) is 0 Å². The third-order valence-corrected chi connectivity index (χ3v) is 12.4. The molecule has 0 unspecified atom stereocenters. The van der Waals surface area contributed by atoms with Crippen LogP contribution in [0.4, 0.5) is 34.4 Å². The molecule has 0 atom stereocenters. The summed E-state index contributed by atoms with van der Waals surface area (Å²) in [5.41, 5.74) is 19.2. The Kier molecular flexibility index (Phi) is 11.3. The zero-order valence-electron chi connectivity index (χ0n) is 38.3. The summed E-state index contributed by atoms with van der Waals surface area (Å²) >= 11 is 0. The van der Waals surface area contributed by atoms with Gasteiger partial charge in [-0.1, -0.05) is 175 Å². The van der Waals surface area contributed by atoms with Crippen LogP contribution in [0.2, 0.25) is 0 Å². The van der Waals surface area contributed by atoms with Crippen LogP contribution in [0.5, 0.6) is 0 Å². The fourth-order valence-electron chi connectivity index (χ4n) is 9.67. The van der Waals surface area contributed by atoms with E-state index >= 15 is 0 Å². The van der Waals surface area contributed by atoms with Crippen molar-refractivity contribution < 1.29 is 0 Å². The number of hydrogen-bond acceptors (Lipinski definition) is 5. The van der Waals surface area contributed by atoms with Gasteiger partial charge in [0.05, 0.1) is 11.4 Å². The predicted molar refractivity (Wildman–Crippen MR) is 277 cm³/mol. The molecule has 66 heavy (non-hydrogen) atoms. The fourth-order valence-corrected chi connectivity index (χ4v) is 9.67. The zero-order chi connectivity index (χ0) is 45.3. The summed E-state index contributed by atoms with van der Waals surface area (Å²) in [5.74, 6) is 1.72. The van der Waals surface area contributed by atoms with Gasteiger partial charge in [-0.3, -0.25) is 4.90 Å². The van der Waals surface area contributed by atoms with Gasteiger partial charge in [0, 0.05) is 28.2 Å². The van der Waals surface area contributed by atoms with E-state index in [9.17, 15) is 0 Å². The van der Waals surface area contributed by atoms with E-state index in [-0.39, 0.29) is 0 Å². The molecule has 10 rings (SSSR count). The van der Waals surface area contributed by atoms with Crippen molar-refractivity contribution in [3.8, 4) is 45.0 Å². The minimum absolute atomic E-state index is 0.518. The normalized spacial score (nSPS) is 11.2. The minimum atomic E-state index is 0.518. The molecule has 0 amide bonds. The van der Waals surface area contributed by atoms with E-state index in [2.05, 4.69) is 233 Å². The summed E-state index contributed by atoms with van der Waals surface area (Å²) in [6, 6.07) is 70.9. The van der Waals surface area contributed by atoms with E-state index in [4.69, 9.17) is 15.0 Å². The van der Waals surface area contributed by atoms with Gasteiger partial charge in [0.1, 0.15) is 0 Å². The van der Waals surface area contributed by atoms with E-state index in [1.165, 1.54) is 61.4 Å². The fraction of sp³-hybridized carbons (Fsp3) is 0.0984. The van der Waals surface area contributed by atoms with Crippen LogP contribution < -0.4 is 9.80 Å². The number of fused-ring (bicyclic) bond motifs is 1. The molecule has 0 fully saturated rings. The topological polar surface area (TPSA) is 45.2 Å². The first-order valence-corrected chi connectivity index (χ1v) is 22.6. The van der Waals surface area contributed by atoms with Crippen molar-refractivity contribution in [1.82, 2.24) is 15.0 Å². The molecule has 0 radical (unpaired) electrons. The molecule has 0 N–H and O–H groups in total. The first kappa shape index (κ1) is 41.8. The van der Waals surface area contributed by atoms with Crippen LogP contribution in [-0.4, -0.2) is 15.0 Å². The second-order valence-electron chi connectivity index (χ2n) is 17.3. The number of hydrogen-bond donors (Lipinski definition) is 0. The summed E-state index contributed by atoms with van der Waals surface area (Å²) in [6.07, 6.45) is 0. The largest absolute Gasteiger partial charge is 0.309 e. The molecule has 0 saturated carbocycles. The molecular weight excluding hydrogens is 803 g/mol. The summed E-state index contributed by atoms with van der Waals surface area (Å²) in [6.45, 7) is 13.2. The Morgan fingerprint density at radius 3 is 1.29 bits per heavy atom. The number of rotatable bonds is 10. The molecule has 10 aromatic rings. The van der Waals surface area contributed by atoms with Crippen LogP contribution in [0, 0.1) is 41.5 Å². The van der Waals surface area contributed by atoms with Gasteiger partial charge in [-0.15, -0.1) is 0 Å². The summed E-state index contributed by atoms with van der Waals surface area (Å²) in [4.78, 5) is 20.5. The maximum Gasteiger partial charge on any atom is 0.238 e. The van der Waals surface area contributed by atoms with E-state index < -0.39 is 0 Å². The van der Waals surface area contributed by atoms with Gasteiger partial charge in [0.15, 0.2) is 11.6 Å². The highest BCUT2D eigenvalue weighted by Crippen LogP contribution is 2.45. The molecule has 9 aromatic carbocycles. The van der Waals surface area contributed by atoms with Crippen LogP contribution in [0.3, 0.4) is 0 Å². The maximum absolute atomic E-state index is 5.38. The highest BCUT2D eigenvalue weighted by molar-refractivity contribution is 5.96. The quantitative estimate of drug-likeness (QED) is 0.137. The first-order chi connectivity index (χ1) is 32.2. The molecular formula is C61H51N5. The highest BCUT2D eigenvalue weighted by Gasteiger charge is 2.24. The van der Waals surface area contributed by atoms with Crippen molar-refractivity contribution in [3.05, 3.63) is 234 Å². The van der Waals surface area contributed by atoms with Gasteiger partial charge in [-0.05, 0) is 133 Å². The van der Waals surface area contributed by atoms with Crippen LogP contribution >= 0.6 is 0 Å². The molecule has 1 aromatic heterocycles. The lowest BCUT2D eigenvalue weighted by Crippen LogP contribution is -2.17. The lowest BCUT2D eigenvalue weighted by Gasteiger charge is -2.32. The number of aromatic nitrogens is 3. The Hall–Kier alpha value is -8.15. The number of anilines is 6. The van der Waals surface area contributed by atoms with Crippen molar-refractivity contribution in [2.75, 3.05) is 9.80 Å². The van der Waals surface area contributed by atoms with Crippen LogP contribution in [-0.2, 0) is 0 Å². The second-order valence-corrected chi connectivity index (χ2v) is 17.3. The average molecular weight is 854 g/mol. The van der Waals surface area contributed by atoms with Crippen molar-refractivity contribution in [2.45, 2.75) is 41.5 Å². The summed E-state index contributed by atoms with van der Waals surface area (Å²) in [5, 5.41) is 2.21. The van der Waals surface area contributed by atoms with Crippen molar-refractivity contribution >= 4 is 45.2 Å². The Bertz CT molecular complexity index is 3250. The lowest BCUT2D eigenvalue weighted by atomic mass is 9.94. The molecule has 0 aliphatic rings. The third-order valence-electron chi connectivity index (χ3n) is 12.4. The van der Waals surface area contributed by atoms with Crippen LogP contribution in [0.25, 0.3) is 55.8 Å². The van der Waals surface area contributed by atoms with E-state index in [0.717, 1.165) is 44.5 Å². The SMILES string of the molecule is Cc1cc(C)c(N(c2ccc(N(c3ccc(-c4ccccc4-c4ccccc4)cc3)c3nc(-c4ccccc4)nc(-c4cccc5ccccc45)n3)cc2)c2c(C)cc(C)cc2C)c(C)c1. The van der Waals surface area contributed by atoms with E-state index in [1.54, 1.807) is 0 Å². The first-order valence-electron chi connectivity index (χ1n) is 22.6. The molecule has 0 saturated heterocycles. The van der Waals surface area contributed by atoms with Gasteiger partial charge in [0.2, 0.25) is 5.95 Å². The second kappa shape index (κ2) is 17.8. The molecule has 5 heteroatoms. The molecule has 0 aliphatic carbocycles. The number of aryl methyl sites for hydroxylation is 6. The van der Waals surface area contributed by atoms with Gasteiger partial charge >= 0.3 is 0 Å².